The third-order valence-corrected chi connectivity index (χ3v) is 3.64. The Labute approximate surface area is 120 Å². The Hall–Kier alpha value is -0.840. The number of rotatable bonds is 8. The summed E-state index contributed by atoms with van der Waals surface area (Å²) in [5.74, 6) is 0.846. The topological polar surface area (TPSA) is 45.6 Å². The zero-order valence-corrected chi connectivity index (χ0v) is 12.7. The molecule has 0 aromatic carbocycles. The fourth-order valence-corrected chi connectivity index (χ4v) is 2.31. The molecule has 1 heterocycles. The average Bonchev–Trinajstić information content (AvgIpc) is 2.44. The lowest BCUT2D eigenvalue weighted by molar-refractivity contribution is 0.202. The molecular weight excluding hydrogens is 264 g/mol. The zero-order valence-electron chi connectivity index (χ0n) is 11.9. The number of hydrogen-bond donors (Lipinski definition) is 1. The highest BCUT2D eigenvalue weighted by molar-refractivity contribution is 6.31. The van der Waals surface area contributed by atoms with Crippen molar-refractivity contribution < 1.29 is 9.84 Å². The molecular formula is C14H23ClN2O2. The van der Waals surface area contributed by atoms with Gasteiger partial charge in [0.25, 0.3) is 0 Å². The summed E-state index contributed by atoms with van der Waals surface area (Å²) in [6.07, 6.45) is 3.68. The number of methoxy groups -OCH3 is 1. The molecule has 0 saturated heterocycles. The first-order chi connectivity index (χ1) is 9.17. The number of aromatic nitrogens is 1. The van der Waals surface area contributed by atoms with Gasteiger partial charge in [0.05, 0.1) is 18.2 Å². The Bertz CT molecular complexity index is 384. The first-order valence-corrected chi connectivity index (χ1v) is 7.06. The van der Waals surface area contributed by atoms with Crippen molar-refractivity contribution in [1.29, 1.82) is 0 Å². The van der Waals surface area contributed by atoms with Crippen LogP contribution in [0, 0.1) is 0 Å². The molecule has 0 fully saturated rings. The number of ether oxygens (including phenoxy) is 1. The second kappa shape index (κ2) is 8.35. The average molecular weight is 287 g/mol. The minimum Gasteiger partial charge on any atom is -0.392 e. The fourth-order valence-electron chi connectivity index (χ4n) is 2.15. The molecule has 1 N–H and O–H groups in total. The van der Waals surface area contributed by atoms with Crippen molar-refractivity contribution in [2.45, 2.75) is 39.3 Å². The van der Waals surface area contributed by atoms with E-state index in [2.05, 4.69) is 23.7 Å². The van der Waals surface area contributed by atoms with E-state index in [0.717, 1.165) is 25.2 Å². The Morgan fingerprint density at radius 1 is 1.42 bits per heavy atom. The second-order valence-corrected chi connectivity index (χ2v) is 4.86. The van der Waals surface area contributed by atoms with Gasteiger partial charge in [-0.05, 0) is 18.9 Å². The molecule has 0 amide bonds. The minimum absolute atomic E-state index is 0.0740. The summed E-state index contributed by atoms with van der Waals surface area (Å²) in [5, 5.41) is 9.80. The molecule has 0 aliphatic rings. The highest BCUT2D eigenvalue weighted by Gasteiger charge is 2.17. The van der Waals surface area contributed by atoms with E-state index in [-0.39, 0.29) is 6.61 Å². The fraction of sp³-hybridized carbons (Fsp3) is 0.643. The zero-order chi connectivity index (χ0) is 14.3. The third-order valence-electron chi connectivity index (χ3n) is 3.30. The molecule has 0 saturated carbocycles. The SMILES string of the molecule is CCC(CC)N(CCOC)c1cc(CO)c(Cl)cn1. The van der Waals surface area contributed by atoms with E-state index in [9.17, 15) is 5.11 Å². The van der Waals surface area contributed by atoms with E-state index in [1.54, 1.807) is 13.3 Å². The first kappa shape index (κ1) is 16.2. The molecule has 0 aliphatic carbocycles. The van der Waals surface area contributed by atoms with Gasteiger partial charge in [-0.1, -0.05) is 25.4 Å². The first-order valence-electron chi connectivity index (χ1n) is 6.68. The predicted molar refractivity (Wildman–Crippen MR) is 78.8 cm³/mol. The molecule has 108 valence electrons. The molecule has 0 spiro atoms. The second-order valence-electron chi connectivity index (χ2n) is 4.45. The van der Waals surface area contributed by atoms with Crippen LogP contribution in [0.4, 0.5) is 5.82 Å². The van der Waals surface area contributed by atoms with Crippen LogP contribution in [0.15, 0.2) is 12.3 Å². The summed E-state index contributed by atoms with van der Waals surface area (Å²) in [7, 11) is 1.69. The van der Waals surface area contributed by atoms with Crippen LogP contribution in [0.5, 0.6) is 0 Å². The van der Waals surface area contributed by atoms with E-state index in [4.69, 9.17) is 16.3 Å². The number of pyridine rings is 1. The summed E-state index contributed by atoms with van der Waals surface area (Å²) < 4.78 is 5.17. The van der Waals surface area contributed by atoms with E-state index >= 15 is 0 Å². The van der Waals surface area contributed by atoms with E-state index in [0.29, 0.717) is 23.2 Å². The highest BCUT2D eigenvalue weighted by Crippen LogP contribution is 2.23. The smallest absolute Gasteiger partial charge is 0.129 e. The van der Waals surface area contributed by atoms with Crippen LogP contribution in [-0.2, 0) is 11.3 Å². The maximum absolute atomic E-state index is 9.30. The summed E-state index contributed by atoms with van der Waals surface area (Å²) in [6.45, 7) is 5.68. The van der Waals surface area contributed by atoms with Gasteiger partial charge >= 0.3 is 0 Å². The monoisotopic (exact) mass is 286 g/mol. The number of anilines is 1. The van der Waals surface area contributed by atoms with Gasteiger partial charge in [0.1, 0.15) is 5.82 Å². The Kier molecular flexibility index (Phi) is 7.13. The standard InChI is InChI=1S/C14H23ClN2O2/c1-4-12(5-2)17(6-7-19-3)14-8-11(10-18)13(15)9-16-14/h8-9,12,18H,4-7,10H2,1-3H3. The Morgan fingerprint density at radius 2 is 2.11 bits per heavy atom. The molecule has 0 unspecified atom stereocenters. The highest BCUT2D eigenvalue weighted by atomic mass is 35.5. The Balaban J connectivity index is 3.01. The van der Waals surface area contributed by atoms with Gasteiger partial charge in [0.2, 0.25) is 0 Å². The largest absolute Gasteiger partial charge is 0.392 e. The molecule has 4 nitrogen and oxygen atoms in total. The summed E-state index contributed by atoms with van der Waals surface area (Å²) in [6, 6.07) is 2.27. The molecule has 1 aromatic rings. The summed E-state index contributed by atoms with van der Waals surface area (Å²) in [4.78, 5) is 6.61. The van der Waals surface area contributed by atoms with Crippen LogP contribution >= 0.6 is 11.6 Å². The minimum atomic E-state index is -0.0740. The van der Waals surface area contributed by atoms with Crippen LogP contribution in [0.3, 0.4) is 0 Å². The van der Waals surface area contributed by atoms with Gasteiger partial charge in [0.15, 0.2) is 0 Å². The van der Waals surface area contributed by atoms with E-state index < -0.39 is 0 Å². The maximum Gasteiger partial charge on any atom is 0.129 e. The molecule has 0 radical (unpaired) electrons. The molecule has 0 bridgehead atoms. The molecule has 1 aromatic heterocycles. The third kappa shape index (κ3) is 4.34. The number of aliphatic hydroxyl groups is 1. The van der Waals surface area contributed by atoms with Crippen LogP contribution in [0.1, 0.15) is 32.3 Å². The normalized spacial score (nSPS) is 11.1. The lowest BCUT2D eigenvalue weighted by atomic mass is 10.1. The lowest BCUT2D eigenvalue weighted by Crippen LogP contribution is -2.37. The van der Waals surface area contributed by atoms with Crippen molar-refractivity contribution in [3.05, 3.63) is 22.8 Å². The van der Waals surface area contributed by atoms with Crippen LogP contribution in [0.2, 0.25) is 5.02 Å². The number of hydrogen-bond acceptors (Lipinski definition) is 4. The van der Waals surface area contributed by atoms with Gasteiger partial charge in [0, 0.05) is 31.5 Å². The number of halogens is 1. The van der Waals surface area contributed by atoms with Crippen molar-refractivity contribution in [2.24, 2.45) is 0 Å². The number of nitrogens with zero attached hydrogens (tertiary/aromatic N) is 2. The van der Waals surface area contributed by atoms with Crippen molar-refractivity contribution in [1.82, 2.24) is 4.98 Å². The Morgan fingerprint density at radius 3 is 2.63 bits per heavy atom. The van der Waals surface area contributed by atoms with Crippen molar-refractivity contribution in [3.63, 3.8) is 0 Å². The molecule has 19 heavy (non-hydrogen) atoms. The van der Waals surface area contributed by atoms with Crippen molar-refractivity contribution in [3.8, 4) is 0 Å². The predicted octanol–water partition coefficient (Wildman–Crippen LogP) is 2.87. The quantitative estimate of drug-likeness (QED) is 0.798. The van der Waals surface area contributed by atoms with Gasteiger partial charge in [-0.25, -0.2) is 4.98 Å². The van der Waals surface area contributed by atoms with Crippen LogP contribution in [0.25, 0.3) is 0 Å². The number of aliphatic hydroxyl groups excluding tert-OH is 1. The van der Waals surface area contributed by atoms with Crippen LogP contribution < -0.4 is 4.90 Å². The summed E-state index contributed by atoms with van der Waals surface area (Å²) >= 11 is 5.99. The van der Waals surface area contributed by atoms with E-state index in [1.165, 1.54) is 0 Å². The maximum atomic E-state index is 9.30. The lowest BCUT2D eigenvalue weighted by Gasteiger charge is -2.31. The molecule has 0 aliphatic heterocycles. The van der Waals surface area contributed by atoms with Crippen LogP contribution in [-0.4, -0.2) is 36.4 Å². The van der Waals surface area contributed by atoms with Gasteiger partial charge in [-0.3, -0.25) is 0 Å². The molecule has 1 rings (SSSR count). The summed E-state index contributed by atoms with van der Waals surface area (Å²) in [5.41, 5.74) is 0.708. The van der Waals surface area contributed by atoms with Gasteiger partial charge < -0.3 is 14.7 Å². The van der Waals surface area contributed by atoms with Gasteiger partial charge in [-0.2, -0.15) is 0 Å². The van der Waals surface area contributed by atoms with Gasteiger partial charge in [-0.15, -0.1) is 0 Å². The molecule has 5 heteroatoms. The molecule has 0 atom stereocenters. The van der Waals surface area contributed by atoms with E-state index in [1.807, 2.05) is 6.07 Å². The van der Waals surface area contributed by atoms with Crippen molar-refractivity contribution >= 4 is 17.4 Å². The van der Waals surface area contributed by atoms with Crippen molar-refractivity contribution in [2.75, 3.05) is 25.2 Å².